The highest BCUT2D eigenvalue weighted by atomic mass is 19.1. The SMILES string of the molecule is CN(c1nccc(=O)n1COC(=O)C1CCCC1)C1CCN(c2nc3ccccc3n2Cc2ccc(F)cc2)CC1. The molecule has 2 aromatic carbocycles. The summed E-state index contributed by atoms with van der Waals surface area (Å²) in [4.78, 5) is 39.1. The van der Waals surface area contributed by atoms with Gasteiger partial charge in [0.25, 0.3) is 5.56 Å². The van der Waals surface area contributed by atoms with Crippen LogP contribution >= 0.6 is 0 Å². The number of imidazole rings is 1. The Hall–Kier alpha value is -4.21. The number of carbonyl (C=O) groups is 1. The van der Waals surface area contributed by atoms with Crippen molar-refractivity contribution in [1.29, 1.82) is 0 Å². The molecule has 2 aromatic heterocycles. The number of esters is 1. The molecule has 0 N–H and O–H groups in total. The second-order valence-electron chi connectivity index (χ2n) is 11.0. The van der Waals surface area contributed by atoms with Crippen LogP contribution in [0, 0.1) is 11.7 Å². The molecule has 214 valence electrons. The molecule has 0 spiro atoms. The van der Waals surface area contributed by atoms with Crippen molar-refractivity contribution in [3.63, 3.8) is 0 Å². The number of hydrogen-bond acceptors (Lipinski definition) is 7. The van der Waals surface area contributed by atoms with Gasteiger partial charge >= 0.3 is 5.97 Å². The smallest absolute Gasteiger partial charge is 0.310 e. The van der Waals surface area contributed by atoms with Crippen LogP contribution in [0.25, 0.3) is 11.0 Å². The van der Waals surface area contributed by atoms with Gasteiger partial charge in [0.1, 0.15) is 5.82 Å². The number of aromatic nitrogens is 4. The lowest BCUT2D eigenvalue weighted by molar-refractivity contribution is -0.152. The third kappa shape index (κ3) is 5.68. The second-order valence-corrected chi connectivity index (χ2v) is 11.0. The largest absolute Gasteiger partial charge is 0.443 e. The normalized spacial score (nSPS) is 16.4. The lowest BCUT2D eigenvalue weighted by Crippen LogP contribution is -2.46. The van der Waals surface area contributed by atoms with E-state index < -0.39 is 0 Å². The monoisotopic (exact) mass is 558 g/mol. The number of nitrogens with zero attached hydrogens (tertiary/aromatic N) is 6. The Bertz CT molecular complexity index is 1570. The fourth-order valence-electron chi connectivity index (χ4n) is 6.09. The van der Waals surface area contributed by atoms with E-state index in [0.29, 0.717) is 12.5 Å². The first-order valence-electron chi connectivity index (χ1n) is 14.4. The van der Waals surface area contributed by atoms with Gasteiger partial charge in [0.15, 0.2) is 6.73 Å². The number of ether oxygens (including phenoxy) is 1. The molecule has 3 heterocycles. The molecular formula is C31H35FN6O3. The first-order chi connectivity index (χ1) is 20.0. The average molecular weight is 559 g/mol. The molecule has 1 aliphatic carbocycles. The Balaban J connectivity index is 1.17. The summed E-state index contributed by atoms with van der Waals surface area (Å²) in [6, 6.07) is 16.2. The van der Waals surface area contributed by atoms with Gasteiger partial charge < -0.3 is 19.1 Å². The Morgan fingerprint density at radius 1 is 1.00 bits per heavy atom. The van der Waals surface area contributed by atoms with E-state index >= 15 is 0 Å². The zero-order chi connectivity index (χ0) is 28.3. The first kappa shape index (κ1) is 27.0. The maximum absolute atomic E-state index is 13.5. The number of para-hydroxylation sites is 2. The molecule has 1 aliphatic heterocycles. The van der Waals surface area contributed by atoms with Crippen molar-refractivity contribution >= 4 is 28.9 Å². The summed E-state index contributed by atoms with van der Waals surface area (Å²) in [6.07, 6.45) is 6.97. The fourth-order valence-corrected chi connectivity index (χ4v) is 6.09. The molecule has 10 heteroatoms. The van der Waals surface area contributed by atoms with Gasteiger partial charge in [-0.1, -0.05) is 37.1 Å². The highest BCUT2D eigenvalue weighted by Crippen LogP contribution is 2.29. The van der Waals surface area contributed by atoms with E-state index in [-0.39, 0.29) is 36.0 Å². The van der Waals surface area contributed by atoms with Gasteiger partial charge in [-0.25, -0.2) is 18.9 Å². The van der Waals surface area contributed by atoms with E-state index in [9.17, 15) is 14.0 Å². The van der Waals surface area contributed by atoms with Crippen molar-refractivity contribution in [3.05, 3.63) is 82.5 Å². The summed E-state index contributed by atoms with van der Waals surface area (Å²) in [5.41, 5.74) is 2.73. The number of hydrogen-bond donors (Lipinski definition) is 0. The summed E-state index contributed by atoms with van der Waals surface area (Å²) in [5, 5.41) is 0. The van der Waals surface area contributed by atoms with E-state index in [1.807, 2.05) is 42.3 Å². The van der Waals surface area contributed by atoms with E-state index in [2.05, 4.69) is 20.5 Å². The van der Waals surface area contributed by atoms with Crippen LogP contribution in [0.5, 0.6) is 0 Å². The number of anilines is 2. The van der Waals surface area contributed by atoms with Crippen molar-refractivity contribution in [3.8, 4) is 0 Å². The number of piperidine rings is 1. The second kappa shape index (κ2) is 11.7. The first-order valence-corrected chi connectivity index (χ1v) is 14.4. The molecule has 0 bridgehead atoms. The summed E-state index contributed by atoms with van der Waals surface area (Å²) < 4.78 is 22.7. The van der Waals surface area contributed by atoms with Crippen LogP contribution in [0.3, 0.4) is 0 Å². The predicted octanol–water partition coefficient (Wildman–Crippen LogP) is 4.58. The molecule has 0 unspecified atom stereocenters. The van der Waals surface area contributed by atoms with Gasteiger partial charge in [0.05, 0.1) is 23.5 Å². The summed E-state index contributed by atoms with van der Waals surface area (Å²) >= 11 is 0. The molecule has 4 aromatic rings. The minimum atomic E-state index is -0.249. The number of fused-ring (bicyclic) bond motifs is 1. The maximum Gasteiger partial charge on any atom is 0.310 e. The van der Waals surface area contributed by atoms with Crippen LogP contribution in [0.2, 0.25) is 0 Å². The Morgan fingerprint density at radius 3 is 2.49 bits per heavy atom. The number of carbonyl (C=O) groups excluding carboxylic acids is 1. The van der Waals surface area contributed by atoms with E-state index in [1.165, 1.54) is 29.0 Å². The van der Waals surface area contributed by atoms with E-state index in [0.717, 1.165) is 74.2 Å². The van der Waals surface area contributed by atoms with Gasteiger partial charge in [0, 0.05) is 38.4 Å². The lowest BCUT2D eigenvalue weighted by Gasteiger charge is -2.38. The average Bonchev–Trinajstić information content (AvgIpc) is 3.66. The van der Waals surface area contributed by atoms with Crippen LogP contribution in [-0.2, 0) is 22.8 Å². The van der Waals surface area contributed by atoms with Gasteiger partial charge in [-0.2, -0.15) is 0 Å². The molecule has 0 amide bonds. The quantitative estimate of drug-likeness (QED) is 0.293. The van der Waals surface area contributed by atoms with Gasteiger partial charge in [-0.3, -0.25) is 9.59 Å². The van der Waals surface area contributed by atoms with Gasteiger partial charge in [-0.05, 0) is 55.5 Å². The third-order valence-electron chi connectivity index (χ3n) is 8.44. The third-order valence-corrected chi connectivity index (χ3v) is 8.44. The standard InChI is InChI=1S/C31H35FN6O3/c1-35(30-33-17-14-28(39)38(30)21-41-29(40)23-6-2-3-7-23)25-15-18-36(19-16-25)31-34-26-8-4-5-9-27(26)37(31)20-22-10-12-24(32)13-11-22/h4-5,8-14,17,23,25H,2-3,6-7,15-16,18-21H2,1H3. The van der Waals surface area contributed by atoms with Crippen molar-refractivity contribution < 1.29 is 13.9 Å². The minimum Gasteiger partial charge on any atom is -0.443 e. The molecule has 2 aliphatic rings. The zero-order valence-corrected chi connectivity index (χ0v) is 23.3. The number of benzene rings is 2. The van der Waals surface area contributed by atoms with Gasteiger partial charge in [-0.15, -0.1) is 0 Å². The number of halogens is 1. The van der Waals surface area contributed by atoms with Gasteiger partial charge in [0.2, 0.25) is 11.9 Å². The van der Waals surface area contributed by atoms with Crippen LogP contribution in [-0.4, -0.2) is 51.3 Å². The Labute approximate surface area is 238 Å². The summed E-state index contributed by atoms with van der Waals surface area (Å²) in [6.45, 7) is 2.01. The summed E-state index contributed by atoms with van der Waals surface area (Å²) in [7, 11) is 1.95. The van der Waals surface area contributed by atoms with Crippen molar-refractivity contribution in [2.45, 2.75) is 57.8 Å². The van der Waals surface area contributed by atoms with Crippen molar-refractivity contribution in [1.82, 2.24) is 19.1 Å². The zero-order valence-electron chi connectivity index (χ0n) is 23.3. The van der Waals surface area contributed by atoms with Crippen LogP contribution < -0.4 is 15.4 Å². The molecule has 2 fully saturated rings. The molecule has 1 saturated carbocycles. The molecular weight excluding hydrogens is 523 g/mol. The molecule has 6 rings (SSSR count). The molecule has 9 nitrogen and oxygen atoms in total. The van der Waals surface area contributed by atoms with E-state index in [1.54, 1.807) is 0 Å². The highest BCUT2D eigenvalue weighted by Gasteiger charge is 2.29. The molecule has 0 atom stereocenters. The topological polar surface area (TPSA) is 85.5 Å². The van der Waals surface area contributed by atoms with Crippen molar-refractivity contribution in [2.75, 3.05) is 29.9 Å². The van der Waals surface area contributed by atoms with Crippen LogP contribution in [0.1, 0.15) is 44.1 Å². The predicted molar refractivity (Wildman–Crippen MR) is 155 cm³/mol. The highest BCUT2D eigenvalue weighted by molar-refractivity contribution is 5.79. The Morgan fingerprint density at radius 2 is 1.73 bits per heavy atom. The molecule has 1 saturated heterocycles. The minimum absolute atomic E-state index is 0.0693. The van der Waals surface area contributed by atoms with E-state index in [4.69, 9.17) is 9.72 Å². The Kier molecular flexibility index (Phi) is 7.71. The molecule has 0 radical (unpaired) electrons. The summed E-state index contributed by atoms with van der Waals surface area (Å²) in [5.74, 6) is 0.841. The fraction of sp³-hybridized carbons (Fsp3) is 0.419. The maximum atomic E-state index is 13.5. The van der Waals surface area contributed by atoms with Crippen LogP contribution in [0.15, 0.2) is 65.6 Å². The number of rotatable bonds is 8. The molecule has 41 heavy (non-hydrogen) atoms. The lowest BCUT2D eigenvalue weighted by atomic mass is 10.0. The van der Waals surface area contributed by atoms with Crippen molar-refractivity contribution in [2.24, 2.45) is 5.92 Å². The van der Waals surface area contributed by atoms with Crippen LogP contribution in [0.4, 0.5) is 16.3 Å².